The lowest BCUT2D eigenvalue weighted by molar-refractivity contribution is 0.289. The van der Waals surface area contributed by atoms with Crippen LogP contribution in [0.25, 0.3) is 0 Å². The zero-order valence-corrected chi connectivity index (χ0v) is 13.8. The van der Waals surface area contributed by atoms with Crippen LogP contribution in [0.5, 0.6) is 5.75 Å². The van der Waals surface area contributed by atoms with Gasteiger partial charge >= 0.3 is 0 Å². The van der Waals surface area contributed by atoms with Gasteiger partial charge in [0.15, 0.2) is 5.82 Å². The second-order valence-electron chi connectivity index (χ2n) is 4.04. The molecular weight excluding hydrogens is 370 g/mol. The van der Waals surface area contributed by atoms with Crippen LogP contribution in [0.2, 0.25) is 0 Å². The van der Waals surface area contributed by atoms with Gasteiger partial charge in [0.1, 0.15) is 18.2 Å². The standard InChI is InChI=1S/C11H11BrClN3O3S/c1-7-14-15-11(16(7)2)6-19-10-4-3-8(5-9(10)12)20(13,17)18/h3-5H,6H2,1-2H3. The Bertz CT molecular complexity index is 745. The number of aromatic nitrogens is 3. The highest BCUT2D eigenvalue weighted by Crippen LogP contribution is 2.29. The maximum absolute atomic E-state index is 11.2. The summed E-state index contributed by atoms with van der Waals surface area (Å²) in [5.41, 5.74) is 0. The van der Waals surface area contributed by atoms with Gasteiger partial charge in [-0.1, -0.05) is 0 Å². The molecule has 0 amide bonds. The van der Waals surface area contributed by atoms with E-state index in [-0.39, 0.29) is 11.5 Å². The first kappa shape index (κ1) is 15.3. The van der Waals surface area contributed by atoms with E-state index in [0.717, 1.165) is 5.82 Å². The van der Waals surface area contributed by atoms with E-state index in [9.17, 15) is 8.42 Å². The molecule has 0 N–H and O–H groups in total. The molecular formula is C11H11BrClN3O3S. The summed E-state index contributed by atoms with van der Waals surface area (Å²) in [7, 11) is 3.36. The predicted molar refractivity (Wildman–Crippen MR) is 77.3 cm³/mol. The maximum Gasteiger partial charge on any atom is 0.261 e. The summed E-state index contributed by atoms with van der Waals surface area (Å²) in [5, 5.41) is 7.89. The lowest BCUT2D eigenvalue weighted by atomic mass is 10.3. The zero-order valence-electron chi connectivity index (χ0n) is 10.7. The smallest absolute Gasteiger partial charge is 0.261 e. The Balaban J connectivity index is 2.17. The topological polar surface area (TPSA) is 74.1 Å². The quantitative estimate of drug-likeness (QED) is 0.761. The molecule has 1 aromatic heterocycles. The van der Waals surface area contributed by atoms with Crippen molar-refractivity contribution in [2.45, 2.75) is 18.4 Å². The molecule has 0 atom stereocenters. The van der Waals surface area contributed by atoms with Gasteiger partial charge < -0.3 is 9.30 Å². The third-order valence-electron chi connectivity index (χ3n) is 2.72. The molecule has 0 saturated carbocycles. The molecule has 0 unspecified atom stereocenters. The van der Waals surface area contributed by atoms with Gasteiger partial charge in [0, 0.05) is 17.7 Å². The van der Waals surface area contributed by atoms with Gasteiger partial charge in [-0.25, -0.2) is 8.42 Å². The summed E-state index contributed by atoms with van der Waals surface area (Å²) in [6.45, 7) is 2.06. The Morgan fingerprint density at radius 2 is 2.10 bits per heavy atom. The van der Waals surface area contributed by atoms with Crippen LogP contribution in [0.15, 0.2) is 27.6 Å². The number of aryl methyl sites for hydroxylation is 1. The number of hydrogen-bond acceptors (Lipinski definition) is 5. The fraction of sp³-hybridized carbons (Fsp3) is 0.273. The number of nitrogens with zero attached hydrogens (tertiary/aromatic N) is 3. The van der Waals surface area contributed by atoms with Gasteiger partial charge in [0.25, 0.3) is 9.05 Å². The molecule has 0 fully saturated rings. The fourth-order valence-corrected chi connectivity index (χ4v) is 2.89. The fourth-order valence-electron chi connectivity index (χ4n) is 1.47. The summed E-state index contributed by atoms with van der Waals surface area (Å²) in [6, 6.07) is 4.30. The van der Waals surface area contributed by atoms with E-state index < -0.39 is 9.05 Å². The summed E-state index contributed by atoms with van der Waals surface area (Å²) >= 11 is 3.25. The molecule has 108 valence electrons. The van der Waals surface area contributed by atoms with E-state index in [1.165, 1.54) is 18.2 Å². The first-order valence-electron chi connectivity index (χ1n) is 5.51. The Hall–Kier alpha value is -1.12. The van der Waals surface area contributed by atoms with Crippen LogP contribution in [0.4, 0.5) is 0 Å². The van der Waals surface area contributed by atoms with Gasteiger partial charge in [-0.05, 0) is 41.1 Å². The maximum atomic E-state index is 11.2. The number of rotatable bonds is 4. The van der Waals surface area contributed by atoms with Crippen molar-refractivity contribution < 1.29 is 13.2 Å². The lowest BCUT2D eigenvalue weighted by Gasteiger charge is -2.08. The Kier molecular flexibility index (Phi) is 4.36. The van der Waals surface area contributed by atoms with Gasteiger partial charge in [-0.3, -0.25) is 0 Å². The molecule has 1 heterocycles. The highest BCUT2D eigenvalue weighted by atomic mass is 79.9. The molecule has 0 bridgehead atoms. The van der Waals surface area contributed by atoms with Crippen LogP contribution < -0.4 is 4.74 Å². The molecule has 20 heavy (non-hydrogen) atoms. The van der Waals surface area contributed by atoms with E-state index in [4.69, 9.17) is 15.4 Å². The Morgan fingerprint density at radius 3 is 2.60 bits per heavy atom. The third-order valence-corrected chi connectivity index (χ3v) is 4.70. The highest BCUT2D eigenvalue weighted by Gasteiger charge is 2.13. The van der Waals surface area contributed by atoms with E-state index in [1.54, 1.807) is 0 Å². The monoisotopic (exact) mass is 379 g/mol. The number of halogens is 2. The van der Waals surface area contributed by atoms with Crippen molar-refractivity contribution in [1.82, 2.24) is 14.8 Å². The molecule has 9 heteroatoms. The van der Waals surface area contributed by atoms with Crippen molar-refractivity contribution in [2.24, 2.45) is 7.05 Å². The van der Waals surface area contributed by atoms with Crippen molar-refractivity contribution in [3.63, 3.8) is 0 Å². The molecule has 2 rings (SSSR count). The van der Waals surface area contributed by atoms with Crippen LogP contribution in [0.1, 0.15) is 11.6 Å². The molecule has 0 saturated heterocycles. The lowest BCUT2D eigenvalue weighted by Crippen LogP contribution is -2.05. The van der Waals surface area contributed by atoms with Gasteiger partial charge in [0.2, 0.25) is 0 Å². The van der Waals surface area contributed by atoms with Crippen LogP contribution in [-0.2, 0) is 22.7 Å². The van der Waals surface area contributed by atoms with Crippen LogP contribution in [-0.4, -0.2) is 23.2 Å². The molecule has 2 aromatic rings. The minimum atomic E-state index is -3.75. The zero-order chi connectivity index (χ0) is 14.9. The minimum absolute atomic E-state index is 0.00731. The average Bonchev–Trinajstić information content (AvgIpc) is 2.67. The minimum Gasteiger partial charge on any atom is -0.484 e. The van der Waals surface area contributed by atoms with E-state index >= 15 is 0 Å². The molecule has 0 spiro atoms. The first-order chi connectivity index (χ1) is 9.29. The second kappa shape index (κ2) is 5.71. The van der Waals surface area contributed by atoms with Crippen molar-refractivity contribution in [1.29, 1.82) is 0 Å². The molecule has 0 aliphatic rings. The SMILES string of the molecule is Cc1nnc(COc2ccc(S(=O)(=O)Cl)cc2Br)n1C. The largest absolute Gasteiger partial charge is 0.484 e. The van der Waals surface area contributed by atoms with Gasteiger partial charge in [0.05, 0.1) is 9.37 Å². The van der Waals surface area contributed by atoms with E-state index in [2.05, 4.69) is 26.1 Å². The average molecular weight is 381 g/mol. The van der Waals surface area contributed by atoms with Crippen molar-refractivity contribution in [3.05, 3.63) is 34.3 Å². The molecule has 0 aliphatic carbocycles. The molecule has 6 nitrogen and oxygen atoms in total. The normalized spacial score (nSPS) is 11.6. The van der Waals surface area contributed by atoms with Crippen LogP contribution >= 0.6 is 26.6 Å². The molecule has 0 aliphatic heterocycles. The highest BCUT2D eigenvalue weighted by molar-refractivity contribution is 9.10. The van der Waals surface area contributed by atoms with Crippen molar-refractivity contribution in [3.8, 4) is 5.75 Å². The first-order valence-corrected chi connectivity index (χ1v) is 8.61. The van der Waals surface area contributed by atoms with Crippen LogP contribution in [0.3, 0.4) is 0 Å². The van der Waals surface area contributed by atoms with Gasteiger partial charge in [-0.2, -0.15) is 0 Å². The second-order valence-corrected chi connectivity index (χ2v) is 7.46. The van der Waals surface area contributed by atoms with E-state index in [1.807, 2.05) is 18.5 Å². The number of ether oxygens (including phenoxy) is 1. The van der Waals surface area contributed by atoms with E-state index in [0.29, 0.717) is 16.0 Å². The summed E-state index contributed by atoms with van der Waals surface area (Å²) in [6.07, 6.45) is 0. The third kappa shape index (κ3) is 3.31. The predicted octanol–water partition coefficient (Wildman–Crippen LogP) is 2.39. The number of benzene rings is 1. The van der Waals surface area contributed by atoms with Crippen molar-refractivity contribution >= 4 is 35.7 Å². The van der Waals surface area contributed by atoms with Crippen molar-refractivity contribution in [2.75, 3.05) is 0 Å². The summed E-state index contributed by atoms with van der Waals surface area (Å²) in [5.74, 6) is 1.95. The Labute approximate surface area is 129 Å². The number of hydrogen-bond donors (Lipinski definition) is 0. The van der Waals surface area contributed by atoms with Gasteiger partial charge in [-0.15, -0.1) is 10.2 Å². The summed E-state index contributed by atoms with van der Waals surface area (Å²) < 4.78 is 30.3. The molecule has 1 aromatic carbocycles. The summed E-state index contributed by atoms with van der Waals surface area (Å²) in [4.78, 5) is 0.00731. The molecule has 0 radical (unpaired) electrons. The Morgan fingerprint density at radius 1 is 1.40 bits per heavy atom. The van der Waals surface area contributed by atoms with Crippen LogP contribution in [0, 0.1) is 6.92 Å².